The molecule has 0 bridgehead atoms. The van der Waals surface area contributed by atoms with Crippen LogP contribution in [0.3, 0.4) is 0 Å². The van der Waals surface area contributed by atoms with E-state index in [9.17, 15) is 14.4 Å². The van der Waals surface area contributed by atoms with Gasteiger partial charge in [0.2, 0.25) is 5.91 Å². The molecule has 0 radical (unpaired) electrons. The minimum Gasteiger partial charge on any atom is -0.444 e. The van der Waals surface area contributed by atoms with Crippen molar-refractivity contribution in [1.29, 1.82) is 0 Å². The van der Waals surface area contributed by atoms with Gasteiger partial charge in [0.15, 0.2) is 0 Å². The average molecular weight is 392 g/mol. The Morgan fingerprint density at radius 3 is 2.45 bits per heavy atom. The summed E-state index contributed by atoms with van der Waals surface area (Å²) in [7, 11) is 0. The fourth-order valence-electron chi connectivity index (χ4n) is 1.43. The van der Waals surface area contributed by atoms with Gasteiger partial charge in [-0.2, -0.15) is 0 Å². The zero-order valence-corrected chi connectivity index (χ0v) is 15.1. The van der Waals surface area contributed by atoms with Crippen LogP contribution in [0.15, 0.2) is 9.85 Å². The molecule has 0 spiro atoms. The molecule has 0 aromatic carbocycles. The molecule has 9 heteroatoms. The Morgan fingerprint density at radius 1 is 1.36 bits per heavy atom. The van der Waals surface area contributed by atoms with E-state index < -0.39 is 29.6 Å². The summed E-state index contributed by atoms with van der Waals surface area (Å²) >= 11 is 4.33. The van der Waals surface area contributed by atoms with E-state index >= 15 is 0 Å². The van der Waals surface area contributed by atoms with Crippen molar-refractivity contribution in [3.05, 3.63) is 14.7 Å². The molecule has 122 valence electrons. The molecule has 0 aliphatic heterocycles. The van der Waals surface area contributed by atoms with Gasteiger partial charge >= 0.3 is 6.09 Å². The number of carbonyl (C=O) groups is 3. The second kappa shape index (κ2) is 7.10. The second-order valence-corrected chi connectivity index (χ2v) is 7.95. The molecule has 7 nitrogen and oxygen atoms in total. The summed E-state index contributed by atoms with van der Waals surface area (Å²) in [5.41, 5.74) is 4.88. The number of rotatable bonds is 4. The van der Waals surface area contributed by atoms with Crippen LogP contribution in [-0.2, 0) is 9.53 Å². The second-order valence-electron chi connectivity index (χ2n) is 5.51. The van der Waals surface area contributed by atoms with E-state index in [0.717, 1.165) is 11.3 Å². The first-order chi connectivity index (χ1) is 9.99. The lowest BCUT2D eigenvalue weighted by atomic mass is 10.2. The normalized spacial score (nSPS) is 12.4. The van der Waals surface area contributed by atoms with Gasteiger partial charge in [-0.1, -0.05) is 0 Å². The summed E-state index contributed by atoms with van der Waals surface area (Å²) in [5, 5.41) is 4.97. The van der Waals surface area contributed by atoms with E-state index in [1.165, 1.54) is 6.92 Å². The van der Waals surface area contributed by atoms with Crippen LogP contribution in [0, 0.1) is 0 Å². The first-order valence-electron chi connectivity index (χ1n) is 6.39. The van der Waals surface area contributed by atoms with Gasteiger partial charge in [-0.05, 0) is 49.7 Å². The zero-order valence-electron chi connectivity index (χ0n) is 12.7. The molecule has 0 aliphatic rings. The van der Waals surface area contributed by atoms with Crippen LogP contribution in [0.25, 0.3) is 0 Å². The van der Waals surface area contributed by atoms with E-state index in [2.05, 4.69) is 26.6 Å². The van der Waals surface area contributed by atoms with Crippen molar-refractivity contribution in [2.75, 3.05) is 5.32 Å². The highest BCUT2D eigenvalue weighted by molar-refractivity contribution is 9.11. The van der Waals surface area contributed by atoms with E-state index in [0.29, 0.717) is 9.47 Å². The van der Waals surface area contributed by atoms with Crippen molar-refractivity contribution in [2.24, 2.45) is 5.73 Å². The summed E-state index contributed by atoms with van der Waals surface area (Å²) in [6.45, 7) is 6.67. The van der Waals surface area contributed by atoms with Crippen LogP contribution in [0.4, 0.5) is 10.5 Å². The molecular formula is C13H18BrN3O4S. The maximum absolute atomic E-state index is 12.1. The molecule has 1 aromatic heterocycles. The van der Waals surface area contributed by atoms with Crippen molar-refractivity contribution in [3.8, 4) is 0 Å². The van der Waals surface area contributed by atoms with Crippen LogP contribution >= 0.6 is 27.3 Å². The number of alkyl carbamates (subject to hydrolysis) is 1. The number of primary amides is 1. The van der Waals surface area contributed by atoms with Gasteiger partial charge in [0.1, 0.15) is 16.5 Å². The summed E-state index contributed by atoms with van der Waals surface area (Å²) in [4.78, 5) is 35.2. The molecule has 1 atom stereocenters. The first kappa shape index (κ1) is 18.4. The smallest absolute Gasteiger partial charge is 0.408 e. The molecule has 0 fully saturated rings. The highest BCUT2D eigenvalue weighted by Gasteiger charge is 2.22. The van der Waals surface area contributed by atoms with Crippen LogP contribution in [0.2, 0.25) is 0 Å². The molecule has 1 rings (SSSR count). The first-order valence-corrected chi connectivity index (χ1v) is 8.00. The lowest BCUT2D eigenvalue weighted by Gasteiger charge is -2.21. The maximum atomic E-state index is 12.1. The van der Waals surface area contributed by atoms with Crippen LogP contribution in [0.5, 0.6) is 0 Å². The SMILES string of the molecule is C[C@H](NC(=O)OC(C)(C)C)C(=O)Nc1cc(Br)sc1C(N)=O. The Kier molecular flexibility index (Phi) is 5.95. The summed E-state index contributed by atoms with van der Waals surface area (Å²) < 4.78 is 5.72. The standard InChI is InChI=1S/C13H18BrN3O4S/c1-6(16-12(20)21-13(2,3)4)11(19)17-7-5-8(14)22-9(7)10(15)18/h5-6H,1-4H3,(H2,15,18)(H,16,20)(H,17,19)/t6-/m0/s1. The highest BCUT2D eigenvalue weighted by Crippen LogP contribution is 2.30. The molecule has 1 aromatic rings. The Hall–Kier alpha value is -1.61. The number of nitrogens with one attached hydrogen (secondary N) is 2. The molecular weight excluding hydrogens is 374 g/mol. The molecule has 1 heterocycles. The van der Waals surface area contributed by atoms with Gasteiger partial charge in [0, 0.05) is 0 Å². The highest BCUT2D eigenvalue weighted by atomic mass is 79.9. The van der Waals surface area contributed by atoms with Gasteiger partial charge in [-0.15, -0.1) is 11.3 Å². The third-order valence-electron chi connectivity index (χ3n) is 2.31. The van der Waals surface area contributed by atoms with Gasteiger partial charge in [0.05, 0.1) is 9.47 Å². The number of amides is 3. The average Bonchev–Trinajstić information content (AvgIpc) is 2.67. The van der Waals surface area contributed by atoms with Crippen molar-refractivity contribution < 1.29 is 19.1 Å². The largest absolute Gasteiger partial charge is 0.444 e. The predicted molar refractivity (Wildman–Crippen MR) is 88.0 cm³/mol. The number of hydrogen-bond donors (Lipinski definition) is 3. The van der Waals surface area contributed by atoms with Crippen molar-refractivity contribution in [2.45, 2.75) is 39.3 Å². The molecule has 22 heavy (non-hydrogen) atoms. The van der Waals surface area contributed by atoms with Gasteiger partial charge < -0.3 is 21.1 Å². The quantitative estimate of drug-likeness (QED) is 0.731. The maximum Gasteiger partial charge on any atom is 0.408 e. The monoisotopic (exact) mass is 391 g/mol. The summed E-state index contributed by atoms with van der Waals surface area (Å²) in [5.74, 6) is -1.13. The fourth-order valence-corrected chi connectivity index (χ4v) is 2.83. The minimum absolute atomic E-state index is 0.227. The van der Waals surface area contributed by atoms with E-state index in [1.807, 2.05) is 0 Å². The predicted octanol–water partition coefficient (Wildman–Crippen LogP) is 2.46. The number of nitrogens with two attached hydrogens (primary N) is 1. The third kappa shape index (κ3) is 5.64. The zero-order chi connectivity index (χ0) is 17.1. The minimum atomic E-state index is -0.839. The van der Waals surface area contributed by atoms with E-state index in [-0.39, 0.29) is 4.88 Å². The Bertz CT molecular complexity index is 595. The number of halogens is 1. The summed E-state index contributed by atoms with van der Waals surface area (Å²) in [6, 6.07) is 0.734. The third-order valence-corrected chi connectivity index (χ3v) is 3.96. The molecule has 3 amide bonds. The van der Waals surface area contributed by atoms with Crippen LogP contribution in [-0.4, -0.2) is 29.6 Å². The van der Waals surface area contributed by atoms with Crippen LogP contribution < -0.4 is 16.4 Å². The lowest BCUT2D eigenvalue weighted by Crippen LogP contribution is -2.44. The van der Waals surface area contributed by atoms with Crippen LogP contribution in [0.1, 0.15) is 37.4 Å². The molecule has 4 N–H and O–H groups in total. The number of thiophene rings is 1. The van der Waals surface area contributed by atoms with E-state index in [1.54, 1.807) is 26.8 Å². The van der Waals surface area contributed by atoms with Crippen molar-refractivity contribution in [3.63, 3.8) is 0 Å². The fraction of sp³-hybridized carbons (Fsp3) is 0.462. The van der Waals surface area contributed by atoms with Gasteiger partial charge in [-0.3, -0.25) is 9.59 Å². The van der Waals surface area contributed by atoms with Gasteiger partial charge in [-0.25, -0.2) is 4.79 Å². The number of hydrogen-bond acceptors (Lipinski definition) is 5. The number of carbonyl (C=O) groups excluding carboxylic acids is 3. The Balaban J connectivity index is 2.69. The van der Waals surface area contributed by atoms with Gasteiger partial charge in [0.25, 0.3) is 5.91 Å². The topological polar surface area (TPSA) is 111 Å². The Labute approximate surface area is 140 Å². The van der Waals surface area contributed by atoms with Crippen molar-refractivity contribution in [1.82, 2.24) is 5.32 Å². The van der Waals surface area contributed by atoms with E-state index in [4.69, 9.17) is 10.5 Å². The number of anilines is 1. The molecule has 0 unspecified atom stereocenters. The summed E-state index contributed by atoms with van der Waals surface area (Å²) in [6.07, 6.45) is -0.697. The van der Waals surface area contributed by atoms with Crippen molar-refractivity contribution >= 4 is 50.9 Å². The molecule has 0 saturated heterocycles. The molecule has 0 aliphatic carbocycles. The lowest BCUT2D eigenvalue weighted by molar-refractivity contribution is -0.117. The number of ether oxygens (including phenoxy) is 1. The molecule has 0 saturated carbocycles. The Morgan fingerprint density at radius 2 is 1.95 bits per heavy atom.